The number of carbonyl (C=O) groups is 1. The molecule has 0 aliphatic carbocycles. The highest BCUT2D eigenvalue weighted by Gasteiger charge is 2.30. The van der Waals surface area contributed by atoms with Gasteiger partial charge in [0.05, 0.1) is 11.3 Å². The minimum absolute atomic E-state index is 0.0773. The Kier molecular flexibility index (Phi) is 4.26. The minimum Gasteiger partial charge on any atom is -0.487 e. The van der Waals surface area contributed by atoms with Crippen molar-refractivity contribution >= 4 is 6.29 Å². The molecular weight excluding hydrogens is 283 g/mol. The number of pyridine rings is 1. The van der Waals surface area contributed by atoms with Crippen LogP contribution in [0.4, 0.5) is 13.2 Å². The molecule has 0 fully saturated rings. The van der Waals surface area contributed by atoms with Gasteiger partial charge in [-0.25, -0.2) is 4.98 Å². The Labute approximate surface area is 119 Å². The van der Waals surface area contributed by atoms with Crippen molar-refractivity contribution in [1.29, 1.82) is 0 Å². The Morgan fingerprint density at radius 2 is 2.00 bits per heavy atom. The van der Waals surface area contributed by atoms with Crippen LogP contribution in [0.5, 0.6) is 5.75 Å². The number of alkyl halides is 3. The number of ether oxygens (including phenoxy) is 1. The molecule has 0 saturated carbocycles. The summed E-state index contributed by atoms with van der Waals surface area (Å²) in [5.74, 6) is 0.348. The van der Waals surface area contributed by atoms with Crippen LogP contribution in [-0.4, -0.2) is 11.3 Å². The SMILES string of the molecule is Cc1cc(C(F)(F)F)ccc1OCc1cccc(C=O)n1. The lowest BCUT2D eigenvalue weighted by Crippen LogP contribution is -2.06. The maximum absolute atomic E-state index is 12.5. The van der Waals surface area contributed by atoms with Gasteiger partial charge < -0.3 is 4.74 Å². The van der Waals surface area contributed by atoms with E-state index in [9.17, 15) is 18.0 Å². The number of carbonyl (C=O) groups excluding carboxylic acids is 1. The van der Waals surface area contributed by atoms with Crippen molar-refractivity contribution < 1.29 is 22.7 Å². The van der Waals surface area contributed by atoms with Crippen molar-refractivity contribution in [3.05, 3.63) is 58.9 Å². The van der Waals surface area contributed by atoms with Gasteiger partial charge >= 0.3 is 6.18 Å². The van der Waals surface area contributed by atoms with E-state index >= 15 is 0 Å². The Morgan fingerprint density at radius 3 is 2.62 bits per heavy atom. The van der Waals surface area contributed by atoms with E-state index in [1.165, 1.54) is 6.07 Å². The molecule has 0 radical (unpaired) electrons. The second-order valence-corrected chi connectivity index (χ2v) is 4.44. The molecule has 21 heavy (non-hydrogen) atoms. The first-order valence-electron chi connectivity index (χ1n) is 6.12. The molecule has 0 unspecified atom stereocenters. The summed E-state index contributed by atoms with van der Waals surface area (Å²) in [5.41, 5.74) is 0.476. The molecule has 1 heterocycles. The van der Waals surface area contributed by atoms with Gasteiger partial charge in [0.2, 0.25) is 0 Å². The van der Waals surface area contributed by atoms with Gasteiger partial charge in [-0.05, 0) is 42.8 Å². The quantitative estimate of drug-likeness (QED) is 0.805. The first-order valence-corrected chi connectivity index (χ1v) is 6.12. The van der Waals surface area contributed by atoms with Gasteiger partial charge in [-0.2, -0.15) is 13.2 Å². The summed E-state index contributed by atoms with van der Waals surface area (Å²) in [5, 5.41) is 0. The number of rotatable bonds is 4. The third kappa shape index (κ3) is 3.81. The van der Waals surface area contributed by atoms with Crippen molar-refractivity contribution in [2.45, 2.75) is 19.7 Å². The summed E-state index contributed by atoms with van der Waals surface area (Å²) in [6, 6.07) is 8.17. The topological polar surface area (TPSA) is 39.2 Å². The largest absolute Gasteiger partial charge is 0.487 e. The Bertz CT molecular complexity index is 654. The molecule has 0 saturated heterocycles. The molecule has 1 aromatic carbocycles. The standard InChI is InChI=1S/C15H12F3NO2/c1-10-7-11(15(16,17)18)5-6-14(10)21-9-13-4-2-3-12(8-20)19-13/h2-8H,9H2,1H3. The van der Waals surface area contributed by atoms with E-state index in [4.69, 9.17) is 4.74 Å². The summed E-state index contributed by atoms with van der Waals surface area (Å²) in [6.45, 7) is 1.62. The molecule has 6 heteroatoms. The molecule has 0 aliphatic rings. The van der Waals surface area contributed by atoms with Gasteiger partial charge in [-0.3, -0.25) is 4.79 Å². The zero-order chi connectivity index (χ0) is 15.5. The van der Waals surface area contributed by atoms with Crippen LogP contribution in [0, 0.1) is 6.92 Å². The van der Waals surface area contributed by atoms with Crippen molar-refractivity contribution in [3.63, 3.8) is 0 Å². The predicted octanol–water partition coefficient (Wildman–Crippen LogP) is 3.80. The monoisotopic (exact) mass is 295 g/mol. The van der Waals surface area contributed by atoms with Crippen LogP contribution in [0.2, 0.25) is 0 Å². The van der Waals surface area contributed by atoms with Crippen molar-refractivity contribution in [3.8, 4) is 5.75 Å². The first-order chi connectivity index (χ1) is 9.90. The van der Waals surface area contributed by atoms with Crippen molar-refractivity contribution in [2.24, 2.45) is 0 Å². The molecule has 110 valence electrons. The average molecular weight is 295 g/mol. The summed E-state index contributed by atoms with van der Waals surface area (Å²) >= 11 is 0. The highest BCUT2D eigenvalue weighted by Crippen LogP contribution is 2.32. The maximum Gasteiger partial charge on any atom is 0.416 e. The maximum atomic E-state index is 12.5. The molecule has 0 atom stereocenters. The second-order valence-electron chi connectivity index (χ2n) is 4.44. The van der Waals surface area contributed by atoms with Gasteiger partial charge in [0.25, 0.3) is 0 Å². The van der Waals surface area contributed by atoms with Crippen LogP contribution < -0.4 is 4.74 Å². The van der Waals surface area contributed by atoms with Gasteiger partial charge in [0.15, 0.2) is 6.29 Å². The third-order valence-electron chi connectivity index (χ3n) is 2.83. The Balaban J connectivity index is 2.11. The molecule has 0 aliphatic heterocycles. The van der Waals surface area contributed by atoms with Crippen LogP contribution in [-0.2, 0) is 12.8 Å². The molecule has 2 aromatic rings. The zero-order valence-electron chi connectivity index (χ0n) is 11.1. The van der Waals surface area contributed by atoms with Gasteiger partial charge in [-0.1, -0.05) is 6.07 Å². The number of benzene rings is 1. The molecule has 3 nitrogen and oxygen atoms in total. The number of aldehydes is 1. The van der Waals surface area contributed by atoms with E-state index < -0.39 is 11.7 Å². The minimum atomic E-state index is -4.37. The summed E-state index contributed by atoms with van der Waals surface area (Å²) in [4.78, 5) is 14.6. The molecule has 0 amide bonds. The Morgan fingerprint density at radius 1 is 1.24 bits per heavy atom. The van der Waals surface area contributed by atoms with Gasteiger partial charge in [0.1, 0.15) is 18.1 Å². The van der Waals surface area contributed by atoms with Crippen LogP contribution in [0.15, 0.2) is 36.4 Å². The summed E-state index contributed by atoms with van der Waals surface area (Å²) in [7, 11) is 0. The lowest BCUT2D eigenvalue weighted by molar-refractivity contribution is -0.137. The highest BCUT2D eigenvalue weighted by atomic mass is 19.4. The zero-order valence-corrected chi connectivity index (χ0v) is 11.1. The van der Waals surface area contributed by atoms with E-state index in [0.717, 1.165) is 12.1 Å². The molecule has 0 spiro atoms. The lowest BCUT2D eigenvalue weighted by atomic mass is 10.1. The van der Waals surface area contributed by atoms with E-state index in [1.54, 1.807) is 25.1 Å². The summed E-state index contributed by atoms with van der Waals surface area (Å²) < 4.78 is 43.1. The number of aryl methyl sites for hydroxylation is 1. The van der Waals surface area contributed by atoms with E-state index in [2.05, 4.69) is 4.98 Å². The molecule has 2 rings (SSSR count). The average Bonchev–Trinajstić information content (AvgIpc) is 2.45. The fourth-order valence-corrected chi connectivity index (χ4v) is 1.78. The van der Waals surface area contributed by atoms with Crippen molar-refractivity contribution in [1.82, 2.24) is 4.98 Å². The smallest absolute Gasteiger partial charge is 0.416 e. The van der Waals surface area contributed by atoms with Gasteiger partial charge in [0, 0.05) is 0 Å². The van der Waals surface area contributed by atoms with Gasteiger partial charge in [-0.15, -0.1) is 0 Å². The van der Waals surface area contributed by atoms with E-state index in [-0.39, 0.29) is 12.3 Å². The lowest BCUT2D eigenvalue weighted by Gasteiger charge is -2.12. The molecule has 1 aromatic heterocycles. The molecular formula is C15H12F3NO2. The third-order valence-corrected chi connectivity index (χ3v) is 2.83. The Hall–Kier alpha value is -2.37. The number of nitrogens with zero attached hydrogens (tertiary/aromatic N) is 1. The predicted molar refractivity (Wildman–Crippen MR) is 70.1 cm³/mol. The normalized spacial score (nSPS) is 11.2. The number of halogens is 3. The van der Waals surface area contributed by atoms with E-state index in [0.29, 0.717) is 23.3 Å². The fraction of sp³-hybridized carbons (Fsp3) is 0.200. The molecule has 0 N–H and O–H groups in total. The van der Waals surface area contributed by atoms with Crippen LogP contribution in [0.1, 0.15) is 27.3 Å². The number of hydrogen-bond acceptors (Lipinski definition) is 3. The van der Waals surface area contributed by atoms with Crippen LogP contribution >= 0.6 is 0 Å². The highest BCUT2D eigenvalue weighted by molar-refractivity contribution is 5.71. The van der Waals surface area contributed by atoms with E-state index in [1.807, 2.05) is 0 Å². The van der Waals surface area contributed by atoms with Crippen LogP contribution in [0.25, 0.3) is 0 Å². The summed E-state index contributed by atoms with van der Waals surface area (Å²) in [6.07, 6.45) is -3.75. The number of hydrogen-bond donors (Lipinski definition) is 0. The molecule has 0 bridgehead atoms. The fourth-order valence-electron chi connectivity index (χ4n) is 1.78. The second kappa shape index (κ2) is 5.95. The number of aromatic nitrogens is 1. The first kappa shape index (κ1) is 15.0. The van der Waals surface area contributed by atoms with Crippen LogP contribution in [0.3, 0.4) is 0 Å². The van der Waals surface area contributed by atoms with Crippen molar-refractivity contribution in [2.75, 3.05) is 0 Å².